The molecule has 7 aromatic carbocycles. The van der Waals surface area contributed by atoms with Gasteiger partial charge in [0, 0.05) is 118 Å². The zero-order valence-corrected chi connectivity index (χ0v) is 82.9. The topological polar surface area (TPSA) is 373 Å². The van der Waals surface area contributed by atoms with Crippen LogP contribution in [0.4, 0.5) is 11.4 Å². The van der Waals surface area contributed by atoms with Crippen LogP contribution in [0.15, 0.2) is 179 Å². The number of ether oxygens (including phenoxy) is 6. The van der Waals surface area contributed by atoms with Crippen molar-refractivity contribution in [3.05, 3.63) is 286 Å². The van der Waals surface area contributed by atoms with E-state index < -0.39 is 23.7 Å². The minimum atomic E-state index is -0.926. The third-order valence-corrected chi connectivity index (χ3v) is 24.5. The Balaban J connectivity index is 0.000000173. The van der Waals surface area contributed by atoms with Crippen molar-refractivity contribution >= 4 is 172 Å². The SMILES string of the molecule is C.CCO/N=C1\OCc2cc(Br)ccc21.CCO/N=C1\OCc2cc(CC(=O)OC(C)(C)C)ccc21.CCO/N=C1\OCc2cc(N)ccc21.CCO/N=C1\OCc2cc(NC(=O)C[C@@H]3N=C(c4ccc(Cl)cc4)c4c(sc(C)c4C)-n4c(C)nnc43)ccc21.CCON.Cc1sc2c(c1C)C(c1ccc(Cl)cc1)=N[C@@H](CC(=O)O)c1nnc(C)n1-2.Cl.S=C1OCc2cc(Br)ccc21. The predicted octanol–water partition coefficient (Wildman–Crippen LogP) is 20.9. The summed E-state index contributed by atoms with van der Waals surface area (Å²) in [5, 5.41) is 49.3. The maximum absolute atomic E-state index is 13.4. The second-order valence-electron chi connectivity index (χ2n) is 30.7. The second kappa shape index (κ2) is 47.9. The van der Waals surface area contributed by atoms with E-state index in [9.17, 15) is 19.5 Å². The molecule has 4 aromatic heterocycles. The Morgan fingerprint density at radius 1 is 0.534 bits per heavy atom. The van der Waals surface area contributed by atoms with Gasteiger partial charge in [0.05, 0.1) is 37.3 Å². The second-order valence-corrected chi connectivity index (χ2v) is 36.2. The van der Waals surface area contributed by atoms with Crippen LogP contribution in [0.3, 0.4) is 0 Å². The number of amides is 1. The van der Waals surface area contributed by atoms with Gasteiger partial charge in [0.15, 0.2) is 16.7 Å². The Hall–Kier alpha value is -11.5. The minimum absolute atomic E-state index is 0. The largest absolute Gasteiger partial charge is 0.481 e. The molecule has 7 aliphatic heterocycles. The van der Waals surface area contributed by atoms with Crippen LogP contribution in [-0.4, -0.2) is 131 Å². The van der Waals surface area contributed by atoms with Crippen molar-refractivity contribution < 1.29 is 72.1 Å². The van der Waals surface area contributed by atoms with Crippen LogP contribution >= 0.6 is 102 Å². The number of hydrogen-bond donors (Lipinski definition) is 4. The van der Waals surface area contributed by atoms with Crippen molar-refractivity contribution in [2.45, 2.75) is 174 Å². The molecule has 0 radical (unpaired) electrons. The van der Waals surface area contributed by atoms with Crippen molar-refractivity contribution in [2.75, 3.05) is 44.1 Å². The van der Waals surface area contributed by atoms with Crippen molar-refractivity contribution in [1.29, 1.82) is 0 Å². The van der Waals surface area contributed by atoms with E-state index in [0.29, 0.717) is 122 Å². The number of benzene rings is 7. The molecule has 11 aromatic rings. The van der Waals surface area contributed by atoms with Crippen LogP contribution in [0.1, 0.15) is 215 Å². The fourth-order valence-electron chi connectivity index (χ4n) is 14.1. The number of thiophene rings is 2. The van der Waals surface area contributed by atoms with Crippen molar-refractivity contribution in [3.63, 3.8) is 0 Å². The van der Waals surface area contributed by atoms with E-state index in [1.54, 1.807) is 22.7 Å². The number of aliphatic carboxylic acids is 1. The number of fused-ring (bicyclic) bond motifs is 11. The first-order chi connectivity index (χ1) is 62.9. The number of carbonyl (C=O) groups excluding carboxylic acids is 2. The van der Waals surface area contributed by atoms with Crippen LogP contribution in [0.2, 0.25) is 10.0 Å². The van der Waals surface area contributed by atoms with Gasteiger partial charge in [-0.05, 0) is 250 Å². The first kappa shape index (κ1) is 104. The van der Waals surface area contributed by atoms with Gasteiger partial charge in [-0.25, -0.2) is 5.90 Å². The predicted molar refractivity (Wildman–Crippen MR) is 532 cm³/mol. The number of nitrogen functional groups attached to an aromatic ring is 1. The molecule has 0 unspecified atom stereocenters. The summed E-state index contributed by atoms with van der Waals surface area (Å²) in [7, 11) is 0. The van der Waals surface area contributed by atoms with E-state index in [-0.39, 0.29) is 51.0 Å². The molecule has 38 heteroatoms. The summed E-state index contributed by atoms with van der Waals surface area (Å²) in [4.78, 5) is 73.2. The van der Waals surface area contributed by atoms with E-state index in [1.807, 2.05) is 218 Å². The number of aliphatic imine (C=N–C) groups is 2. The molecule has 18 rings (SSSR count). The van der Waals surface area contributed by atoms with Crippen LogP contribution in [0, 0.1) is 41.5 Å². The quantitative estimate of drug-likeness (QED) is 0.0268. The summed E-state index contributed by atoms with van der Waals surface area (Å²) in [6.07, 6.45) is 0.192. The summed E-state index contributed by atoms with van der Waals surface area (Å²) in [6.45, 7) is 32.2. The zero-order valence-electron chi connectivity index (χ0n) is 75.0. The Morgan fingerprint density at radius 3 is 1.35 bits per heavy atom. The third-order valence-electron chi connectivity index (χ3n) is 20.3. The Labute approximate surface area is 818 Å². The Kier molecular flexibility index (Phi) is 37.3. The highest BCUT2D eigenvalue weighted by Gasteiger charge is 2.36. The first-order valence-corrected chi connectivity index (χ1v) is 46.3. The monoisotopic (exact) mass is 2050 g/mol. The number of anilines is 2. The number of carbonyl (C=O) groups is 3. The molecule has 0 fully saturated rings. The van der Waals surface area contributed by atoms with Crippen LogP contribution < -0.4 is 16.9 Å². The van der Waals surface area contributed by atoms with Gasteiger partial charge in [-0.15, -0.1) is 55.5 Å². The normalized spacial score (nSPS) is 15.5. The number of carboxylic acid groups (broad SMARTS) is 1. The van der Waals surface area contributed by atoms with E-state index in [4.69, 9.17) is 98.9 Å². The van der Waals surface area contributed by atoms with Gasteiger partial charge in [-0.3, -0.25) is 33.5 Å². The van der Waals surface area contributed by atoms with Crippen LogP contribution in [-0.2, 0) is 106 Å². The summed E-state index contributed by atoms with van der Waals surface area (Å²) >= 11 is 27.4. The summed E-state index contributed by atoms with van der Waals surface area (Å²) < 4.78 is 38.5. The molecule has 30 nitrogen and oxygen atoms in total. The lowest BCUT2D eigenvalue weighted by Gasteiger charge is -2.19. The van der Waals surface area contributed by atoms with E-state index in [0.717, 1.165) is 137 Å². The molecular weight excluding hydrogens is 1950 g/mol. The molecule has 2 atom stereocenters. The molecule has 133 heavy (non-hydrogen) atoms. The molecule has 702 valence electrons. The van der Waals surface area contributed by atoms with Gasteiger partial charge >= 0.3 is 11.9 Å². The number of esters is 1. The minimum Gasteiger partial charge on any atom is -0.481 e. The lowest BCUT2D eigenvalue weighted by Crippen LogP contribution is -2.24. The van der Waals surface area contributed by atoms with Crippen molar-refractivity contribution in [3.8, 4) is 10.0 Å². The highest BCUT2D eigenvalue weighted by molar-refractivity contribution is 9.10. The lowest BCUT2D eigenvalue weighted by atomic mass is 9.99. The average Bonchev–Trinajstić information content (AvgIpc) is 1.59. The van der Waals surface area contributed by atoms with Gasteiger partial charge in [-0.2, -0.15) is 0 Å². The molecule has 0 aliphatic carbocycles. The summed E-state index contributed by atoms with van der Waals surface area (Å²) in [5.74, 6) is 7.91. The van der Waals surface area contributed by atoms with Crippen LogP contribution in [0.25, 0.3) is 10.0 Å². The van der Waals surface area contributed by atoms with Crippen LogP contribution in [0.5, 0.6) is 0 Å². The molecule has 0 saturated heterocycles. The summed E-state index contributed by atoms with van der Waals surface area (Å²) in [6, 6.07) is 42.9. The van der Waals surface area contributed by atoms with Crippen molar-refractivity contribution in [2.24, 2.45) is 36.5 Å². The zero-order chi connectivity index (χ0) is 93.9. The number of hydrogen-bond acceptors (Lipinski definition) is 29. The number of nitrogens with one attached hydrogen (secondary N) is 1. The summed E-state index contributed by atoms with van der Waals surface area (Å²) in [5.41, 5.74) is 25.3. The Morgan fingerprint density at radius 2 is 0.917 bits per heavy atom. The maximum Gasteiger partial charge on any atom is 0.310 e. The lowest BCUT2D eigenvalue weighted by molar-refractivity contribution is -0.154. The maximum atomic E-state index is 13.4. The molecule has 0 saturated carbocycles. The molecule has 7 aliphatic rings. The number of rotatable bonds is 18. The molecular formula is C95H104Br2Cl3N15O15S3. The number of oxime groups is 4. The smallest absolute Gasteiger partial charge is 0.310 e. The fourth-order valence-corrected chi connectivity index (χ4v) is 17.8. The Bertz CT molecular complexity index is 6150. The fraction of sp³-hybridized carbons (Fsp3) is 0.326. The molecule has 0 spiro atoms. The molecule has 6 N–H and O–H groups in total. The van der Waals surface area contributed by atoms with Crippen molar-refractivity contribution in [1.82, 2.24) is 29.5 Å². The van der Waals surface area contributed by atoms with Gasteiger partial charge < -0.3 is 68.8 Å². The number of carboxylic acids is 1. The third kappa shape index (κ3) is 26.1. The van der Waals surface area contributed by atoms with E-state index in [2.05, 4.69) is 117 Å². The molecule has 1 amide bonds. The van der Waals surface area contributed by atoms with Gasteiger partial charge in [0.25, 0.3) is 23.6 Å². The number of nitrogens with two attached hydrogens (primary N) is 2. The number of aryl methyl sites for hydroxylation is 4. The average molecular weight is 2060 g/mol. The van der Waals surface area contributed by atoms with Gasteiger partial charge in [0.2, 0.25) is 5.91 Å². The highest BCUT2D eigenvalue weighted by Crippen LogP contribution is 2.43. The van der Waals surface area contributed by atoms with E-state index >= 15 is 0 Å². The van der Waals surface area contributed by atoms with Gasteiger partial charge in [-0.1, -0.05) is 98.9 Å². The highest BCUT2D eigenvalue weighted by atomic mass is 79.9. The molecule has 11 heterocycles. The number of thiocarbonyl (C=S) groups is 1. The number of halogens is 5. The van der Waals surface area contributed by atoms with Gasteiger partial charge in [0.1, 0.15) is 98.8 Å². The van der Waals surface area contributed by atoms with E-state index in [1.165, 1.54) is 15.3 Å². The number of nitrogens with zero attached hydrogens (tertiary/aromatic N) is 12. The first-order valence-electron chi connectivity index (χ1n) is 41.9. The molecule has 0 bridgehead atoms. The standard InChI is InChI=1S/C29H27ClN6O3S.C19H17ClN4O2S.C16H21NO4.C10H10BrNO2.C10H12N2O2.C8H5BrOS.C2H7NO.CH4.ClH/c1-5-39-35-28-22-11-10-21(12-19(22)14-38-28)31-24(37)13-23-27-34-33-17(4)36(27)29-25(15(2)16(3)40-29)26(32-23)18-6-8-20(30)9-7-18;1-9-10(2)27-19-16(9)17(12-4-6-13(20)7-5-12)21-14(8-15(25)26)18-23-22-11(3)24(18)19;1-5-20-17-15-13-7-6-11(8-12(13)10-19-15)9-14(18)21-16(2,3)4;2*1-2-14-12-10-9-4-3-8(11)5-7(9)6-13-10;9-6-1-2-7-5(3-6)4-10-8(7)11;1-2-4-3;;/h6-12,23H,5,13-14H2,1-4H3,(H,31,37);4-7,14H,8H2,1-3H3,(H,25,26);6-8H,5,9-10H2,1-4H3;3-5H,2,6H2,1H3;3-5H,2,6,11H2,1H3;1-3H,4H2;2-3H2,1H3;1H4;1H/b35-28-;;17-15-;2*12-10-;;;;/t23-;14-;;;;;;;/m00......./s1. The number of aromatic nitrogens is 6.